The molecule has 1 aliphatic rings. The van der Waals surface area contributed by atoms with E-state index in [1.54, 1.807) is 0 Å². The average molecular weight is 184 g/mol. The molecule has 0 saturated carbocycles. The molecule has 1 heterocycles. The van der Waals surface area contributed by atoms with E-state index in [1.165, 1.54) is 6.42 Å². The van der Waals surface area contributed by atoms with Crippen LogP contribution >= 0.6 is 0 Å². The molecule has 0 aliphatic carbocycles. The van der Waals surface area contributed by atoms with Crippen molar-refractivity contribution in [2.24, 2.45) is 0 Å². The number of unbranched alkanes of at least 4 members (excludes halogenated alkanes) is 2. The fraction of sp³-hybridized carbons (Fsp3) is 0.900. The molecule has 13 heavy (non-hydrogen) atoms. The highest BCUT2D eigenvalue weighted by Gasteiger charge is 2.15. The maximum atomic E-state index is 11.3. The van der Waals surface area contributed by atoms with Crippen LogP contribution in [0.5, 0.6) is 0 Å². The molecule has 2 N–H and O–H groups in total. The van der Waals surface area contributed by atoms with Crippen molar-refractivity contribution in [3.05, 3.63) is 0 Å². The minimum absolute atomic E-state index is 0.224. The zero-order chi connectivity index (χ0) is 9.52. The van der Waals surface area contributed by atoms with Gasteiger partial charge in [-0.05, 0) is 19.4 Å². The SMILES string of the molecule is CCCCCC(=O)N[C@H]1CCNC1. The third-order valence-corrected chi connectivity index (χ3v) is 2.43. The van der Waals surface area contributed by atoms with Gasteiger partial charge in [-0.2, -0.15) is 0 Å². The van der Waals surface area contributed by atoms with E-state index in [1.807, 2.05) is 0 Å². The lowest BCUT2D eigenvalue weighted by molar-refractivity contribution is -0.121. The monoisotopic (exact) mass is 184 g/mol. The van der Waals surface area contributed by atoms with Crippen LogP contribution in [0.1, 0.15) is 39.0 Å². The summed E-state index contributed by atoms with van der Waals surface area (Å²) in [5.41, 5.74) is 0. The van der Waals surface area contributed by atoms with Crippen molar-refractivity contribution in [1.82, 2.24) is 10.6 Å². The van der Waals surface area contributed by atoms with Gasteiger partial charge in [-0.15, -0.1) is 0 Å². The summed E-state index contributed by atoms with van der Waals surface area (Å²) in [6, 6.07) is 0.383. The summed E-state index contributed by atoms with van der Waals surface area (Å²) in [6.07, 6.45) is 5.15. The Bertz CT molecular complexity index is 153. The second kappa shape index (κ2) is 5.97. The van der Waals surface area contributed by atoms with Crippen LogP contribution in [0.3, 0.4) is 0 Å². The summed E-state index contributed by atoms with van der Waals surface area (Å²) in [5.74, 6) is 0.224. The number of nitrogens with one attached hydrogen (secondary N) is 2. The number of carbonyl (C=O) groups is 1. The van der Waals surface area contributed by atoms with E-state index in [-0.39, 0.29) is 5.91 Å². The lowest BCUT2D eigenvalue weighted by Crippen LogP contribution is -2.35. The van der Waals surface area contributed by atoms with Crippen LogP contribution in [-0.2, 0) is 4.79 Å². The van der Waals surface area contributed by atoms with Gasteiger partial charge in [0.15, 0.2) is 0 Å². The Balaban J connectivity index is 2.02. The molecule has 1 atom stereocenters. The van der Waals surface area contributed by atoms with Crippen molar-refractivity contribution < 1.29 is 4.79 Å². The number of amides is 1. The summed E-state index contributed by atoms with van der Waals surface area (Å²) in [4.78, 5) is 11.3. The number of rotatable bonds is 5. The van der Waals surface area contributed by atoms with Gasteiger partial charge in [0.1, 0.15) is 0 Å². The van der Waals surface area contributed by atoms with E-state index < -0.39 is 0 Å². The maximum Gasteiger partial charge on any atom is 0.220 e. The fourth-order valence-electron chi connectivity index (χ4n) is 1.61. The Labute approximate surface area is 80.3 Å². The highest BCUT2D eigenvalue weighted by Crippen LogP contribution is 2.01. The van der Waals surface area contributed by atoms with Crippen molar-refractivity contribution in [1.29, 1.82) is 0 Å². The molecule has 1 rings (SSSR count). The summed E-state index contributed by atoms with van der Waals surface area (Å²) in [5, 5.41) is 6.27. The Morgan fingerprint density at radius 1 is 1.54 bits per heavy atom. The first-order chi connectivity index (χ1) is 6.33. The van der Waals surface area contributed by atoms with Crippen LogP contribution in [0.25, 0.3) is 0 Å². The van der Waals surface area contributed by atoms with Crippen molar-refractivity contribution in [3.63, 3.8) is 0 Å². The average Bonchev–Trinajstić information content (AvgIpc) is 2.57. The summed E-state index contributed by atoms with van der Waals surface area (Å²) < 4.78 is 0. The van der Waals surface area contributed by atoms with Gasteiger partial charge in [-0.1, -0.05) is 19.8 Å². The quantitative estimate of drug-likeness (QED) is 0.627. The molecule has 1 fully saturated rings. The highest BCUT2D eigenvalue weighted by atomic mass is 16.1. The third kappa shape index (κ3) is 4.27. The first kappa shape index (κ1) is 10.5. The normalized spacial score (nSPS) is 21.8. The van der Waals surface area contributed by atoms with Crippen molar-refractivity contribution in [2.45, 2.75) is 45.1 Å². The molecular formula is C10H20N2O. The minimum atomic E-state index is 0.224. The van der Waals surface area contributed by atoms with Crippen molar-refractivity contribution >= 4 is 5.91 Å². The van der Waals surface area contributed by atoms with Crippen LogP contribution in [-0.4, -0.2) is 25.0 Å². The molecule has 3 heteroatoms. The van der Waals surface area contributed by atoms with Gasteiger partial charge in [0.2, 0.25) is 5.91 Å². The summed E-state index contributed by atoms with van der Waals surface area (Å²) >= 11 is 0. The molecule has 0 radical (unpaired) electrons. The van der Waals surface area contributed by atoms with Gasteiger partial charge in [0.25, 0.3) is 0 Å². The molecule has 1 aliphatic heterocycles. The number of carbonyl (C=O) groups excluding carboxylic acids is 1. The van der Waals surface area contributed by atoms with E-state index >= 15 is 0 Å². The Hall–Kier alpha value is -0.570. The topological polar surface area (TPSA) is 41.1 Å². The first-order valence-electron chi connectivity index (χ1n) is 5.33. The van der Waals surface area contributed by atoms with Crippen LogP contribution < -0.4 is 10.6 Å². The highest BCUT2D eigenvalue weighted by molar-refractivity contribution is 5.76. The largest absolute Gasteiger partial charge is 0.352 e. The van der Waals surface area contributed by atoms with Crippen LogP contribution in [0.2, 0.25) is 0 Å². The van der Waals surface area contributed by atoms with Crippen LogP contribution in [0.15, 0.2) is 0 Å². The van der Waals surface area contributed by atoms with Gasteiger partial charge in [-0.25, -0.2) is 0 Å². The predicted octanol–water partition coefficient (Wildman–Crippen LogP) is 1.04. The molecule has 0 aromatic rings. The van der Waals surface area contributed by atoms with Gasteiger partial charge in [-0.3, -0.25) is 4.79 Å². The smallest absolute Gasteiger partial charge is 0.220 e. The molecule has 1 amide bonds. The van der Waals surface area contributed by atoms with Gasteiger partial charge in [0, 0.05) is 19.0 Å². The van der Waals surface area contributed by atoms with E-state index in [9.17, 15) is 4.79 Å². The zero-order valence-corrected chi connectivity index (χ0v) is 8.44. The molecule has 3 nitrogen and oxygen atoms in total. The van der Waals surface area contributed by atoms with E-state index in [0.717, 1.165) is 32.4 Å². The molecule has 0 spiro atoms. The summed E-state index contributed by atoms with van der Waals surface area (Å²) in [7, 11) is 0. The number of hydrogen-bond donors (Lipinski definition) is 2. The summed E-state index contributed by atoms with van der Waals surface area (Å²) in [6.45, 7) is 4.14. The lowest BCUT2D eigenvalue weighted by atomic mass is 10.2. The molecule has 0 bridgehead atoms. The van der Waals surface area contributed by atoms with Crippen LogP contribution in [0, 0.1) is 0 Å². The molecular weight excluding hydrogens is 164 g/mol. The molecule has 76 valence electrons. The van der Waals surface area contributed by atoms with Crippen LogP contribution in [0.4, 0.5) is 0 Å². The van der Waals surface area contributed by atoms with E-state index in [0.29, 0.717) is 12.5 Å². The Morgan fingerprint density at radius 3 is 3.00 bits per heavy atom. The molecule has 0 unspecified atom stereocenters. The minimum Gasteiger partial charge on any atom is -0.352 e. The predicted molar refractivity (Wildman–Crippen MR) is 53.6 cm³/mol. The van der Waals surface area contributed by atoms with Crippen molar-refractivity contribution in [2.75, 3.05) is 13.1 Å². The standard InChI is InChI=1S/C10H20N2O/c1-2-3-4-5-10(13)12-9-6-7-11-8-9/h9,11H,2-8H2,1H3,(H,12,13)/t9-/m0/s1. The van der Waals surface area contributed by atoms with E-state index in [4.69, 9.17) is 0 Å². The molecule has 0 aromatic carbocycles. The Morgan fingerprint density at radius 2 is 2.38 bits per heavy atom. The van der Waals surface area contributed by atoms with E-state index in [2.05, 4.69) is 17.6 Å². The van der Waals surface area contributed by atoms with Gasteiger partial charge in [0.05, 0.1) is 0 Å². The maximum absolute atomic E-state index is 11.3. The lowest BCUT2D eigenvalue weighted by Gasteiger charge is -2.10. The Kier molecular flexibility index (Phi) is 4.83. The second-order valence-corrected chi connectivity index (χ2v) is 3.71. The third-order valence-electron chi connectivity index (χ3n) is 2.43. The zero-order valence-electron chi connectivity index (χ0n) is 8.44. The molecule has 0 aromatic heterocycles. The van der Waals surface area contributed by atoms with Gasteiger partial charge < -0.3 is 10.6 Å². The molecule has 1 saturated heterocycles. The second-order valence-electron chi connectivity index (χ2n) is 3.71. The fourth-order valence-corrected chi connectivity index (χ4v) is 1.61. The number of hydrogen-bond acceptors (Lipinski definition) is 2. The van der Waals surface area contributed by atoms with Gasteiger partial charge >= 0.3 is 0 Å². The first-order valence-corrected chi connectivity index (χ1v) is 5.33. The van der Waals surface area contributed by atoms with Crippen molar-refractivity contribution in [3.8, 4) is 0 Å².